The van der Waals surface area contributed by atoms with Gasteiger partial charge in [0.1, 0.15) is 5.75 Å². The third-order valence-corrected chi connectivity index (χ3v) is 2.88. The number of nitro benzene ring substituents is 1. The summed E-state index contributed by atoms with van der Waals surface area (Å²) in [6, 6.07) is 6.18. The van der Waals surface area contributed by atoms with Crippen molar-refractivity contribution < 1.29 is 14.2 Å². The maximum Gasteiger partial charge on any atom is 0.273 e. The molecule has 0 radical (unpaired) electrons. The van der Waals surface area contributed by atoms with Crippen molar-refractivity contribution in [2.24, 2.45) is 0 Å². The van der Waals surface area contributed by atoms with Gasteiger partial charge in [-0.1, -0.05) is 11.2 Å². The fourth-order valence-electron chi connectivity index (χ4n) is 1.64. The predicted octanol–water partition coefficient (Wildman–Crippen LogP) is 2.13. The summed E-state index contributed by atoms with van der Waals surface area (Å²) >= 11 is 0. The molecule has 9 heteroatoms. The summed E-state index contributed by atoms with van der Waals surface area (Å²) in [5, 5.41) is 17.6. The molecule has 0 fully saturated rings. The van der Waals surface area contributed by atoms with Crippen molar-refractivity contribution >= 4 is 18.1 Å². The zero-order chi connectivity index (χ0) is 15.2. The van der Waals surface area contributed by atoms with Crippen LogP contribution < -0.4 is 10.1 Å². The molecule has 1 heterocycles. The molecule has 1 atom stereocenters. The average Bonchev–Trinajstić information content (AvgIpc) is 2.92. The topological polar surface area (TPSA) is 103 Å². The van der Waals surface area contributed by atoms with Crippen molar-refractivity contribution in [3.63, 3.8) is 0 Å². The molecule has 1 unspecified atom stereocenters. The summed E-state index contributed by atoms with van der Waals surface area (Å²) in [7, 11) is 1.86. The van der Waals surface area contributed by atoms with Gasteiger partial charge in [-0.3, -0.25) is 10.1 Å². The summed E-state index contributed by atoms with van der Waals surface area (Å²) in [4.78, 5) is 14.4. The molecule has 120 valence electrons. The molecule has 2 aromatic rings. The molecule has 0 spiro atoms. The Kier molecular flexibility index (Phi) is 6.74. The molecule has 0 bridgehead atoms. The molecule has 8 nitrogen and oxygen atoms in total. The first-order chi connectivity index (χ1) is 10.1. The second kappa shape index (κ2) is 8.30. The monoisotopic (exact) mass is 328 g/mol. The maximum atomic E-state index is 10.7. The van der Waals surface area contributed by atoms with E-state index in [1.165, 1.54) is 12.1 Å². The number of nitro groups is 1. The largest absolute Gasteiger partial charge is 0.484 e. The summed E-state index contributed by atoms with van der Waals surface area (Å²) in [6.07, 6.45) is 0.650. The van der Waals surface area contributed by atoms with E-state index in [4.69, 9.17) is 9.26 Å². The Morgan fingerprint density at radius 2 is 2.27 bits per heavy atom. The first-order valence-corrected chi connectivity index (χ1v) is 6.44. The molecule has 22 heavy (non-hydrogen) atoms. The molecule has 0 aliphatic rings. The van der Waals surface area contributed by atoms with Crippen LogP contribution in [-0.2, 0) is 13.0 Å². The number of non-ortho nitro benzene ring substituents is 1. The molecule has 1 N–H and O–H groups in total. The van der Waals surface area contributed by atoms with Gasteiger partial charge in [0.05, 0.1) is 11.0 Å². The molecule has 2 rings (SSSR count). The van der Waals surface area contributed by atoms with Crippen molar-refractivity contribution in [2.45, 2.75) is 26.0 Å². The van der Waals surface area contributed by atoms with Crippen LogP contribution in [0.25, 0.3) is 0 Å². The maximum absolute atomic E-state index is 10.7. The third kappa shape index (κ3) is 4.97. The molecule has 0 aliphatic carbocycles. The van der Waals surface area contributed by atoms with E-state index in [0.29, 0.717) is 23.9 Å². The van der Waals surface area contributed by atoms with E-state index in [9.17, 15) is 10.1 Å². The lowest BCUT2D eigenvalue weighted by atomic mass is 10.2. The molecule has 0 amide bonds. The van der Waals surface area contributed by atoms with E-state index in [2.05, 4.69) is 15.5 Å². The Morgan fingerprint density at radius 3 is 2.95 bits per heavy atom. The zero-order valence-electron chi connectivity index (χ0n) is 12.2. The lowest BCUT2D eigenvalue weighted by molar-refractivity contribution is -0.384. The van der Waals surface area contributed by atoms with Gasteiger partial charge >= 0.3 is 0 Å². The van der Waals surface area contributed by atoms with Gasteiger partial charge in [-0.15, -0.1) is 12.4 Å². The zero-order valence-corrected chi connectivity index (χ0v) is 13.0. The van der Waals surface area contributed by atoms with Gasteiger partial charge in [0.15, 0.2) is 12.4 Å². The summed E-state index contributed by atoms with van der Waals surface area (Å²) in [6.45, 7) is 2.08. The Bertz CT molecular complexity index is 620. The van der Waals surface area contributed by atoms with E-state index in [-0.39, 0.29) is 30.7 Å². The number of hydrogen-bond donors (Lipinski definition) is 1. The molecular weight excluding hydrogens is 312 g/mol. The fraction of sp³-hybridized carbons (Fsp3) is 0.385. The highest BCUT2D eigenvalue weighted by Gasteiger charge is 2.11. The SMILES string of the molecule is CNC(C)Cc1noc(COc2cccc([N+](=O)[O-])c2)n1.Cl. The van der Waals surface area contributed by atoms with Crippen LogP contribution in [-0.4, -0.2) is 28.2 Å². The lowest BCUT2D eigenvalue weighted by Gasteiger charge is -2.04. The lowest BCUT2D eigenvalue weighted by Crippen LogP contribution is -2.24. The summed E-state index contributed by atoms with van der Waals surface area (Å²) < 4.78 is 10.5. The van der Waals surface area contributed by atoms with E-state index in [1.807, 2.05) is 14.0 Å². The number of benzene rings is 1. The predicted molar refractivity (Wildman–Crippen MR) is 81.2 cm³/mol. The van der Waals surface area contributed by atoms with Crippen LogP contribution in [0.15, 0.2) is 28.8 Å². The Hall–Kier alpha value is -2.19. The number of rotatable bonds is 7. The third-order valence-electron chi connectivity index (χ3n) is 2.88. The van der Waals surface area contributed by atoms with Crippen molar-refractivity contribution in [3.8, 4) is 5.75 Å². The molecule has 0 aliphatic heterocycles. The average molecular weight is 329 g/mol. The van der Waals surface area contributed by atoms with E-state index >= 15 is 0 Å². The molecule has 1 aromatic heterocycles. The molecule has 0 saturated carbocycles. The molecular formula is C13H17ClN4O4. The first-order valence-electron chi connectivity index (χ1n) is 6.44. The van der Waals surface area contributed by atoms with Gasteiger partial charge in [0.25, 0.3) is 11.6 Å². The quantitative estimate of drug-likeness (QED) is 0.613. The highest BCUT2D eigenvalue weighted by Crippen LogP contribution is 2.19. The molecule has 1 aromatic carbocycles. The van der Waals surface area contributed by atoms with Gasteiger partial charge in [-0.05, 0) is 20.0 Å². The van der Waals surface area contributed by atoms with Crippen molar-refractivity contribution in [1.82, 2.24) is 15.5 Å². The fourth-order valence-corrected chi connectivity index (χ4v) is 1.64. The van der Waals surface area contributed by atoms with Crippen LogP contribution in [0, 0.1) is 10.1 Å². The normalized spacial score (nSPS) is 11.5. The van der Waals surface area contributed by atoms with Gasteiger partial charge in [-0.2, -0.15) is 4.98 Å². The van der Waals surface area contributed by atoms with E-state index < -0.39 is 4.92 Å². The second-order valence-corrected chi connectivity index (χ2v) is 4.54. The van der Waals surface area contributed by atoms with Gasteiger partial charge < -0.3 is 14.6 Å². The number of hydrogen-bond acceptors (Lipinski definition) is 7. The minimum atomic E-state index is -0.475. The van der Waals surface area contributed by atoms with Crippen molar-refractivity contribution in [2.75, 3.05) is 7.05 Å². The Labute approximate surface area is 133 Å². The second-order valence-electron chi connectivity index (χ2n) is 4.54. The van der Waals surface area contributed by atoms with Crippen LogP contribution in [0.4, 0.5) is 5.69 Å². The molecule has 0 saturated heterocycles. The highest BCUT2D eigenvalue weighted by molar-refractivity contribution is 5.85. The van der Waals surface area contributed by atoms with E-state index in [1.54, 1.807) is 12.1 Å². The Morgan fingerprint density at radius 1 is 1.50 bits per heavy atom. The first kappa shape index (κ1) is 17.9. The van der Waals surface area contributed by atoms with Crippen LogP contribution in [0.5, 0.6) is 5.75 Å². The van der Waals surface area contributed by atoms with Crippen molar-refractivity contribution in [3.05, 3.63) is 46.1 Å². The summed E-state index contributed by atoms with van der Waals surface area (Å²) in [5.41, 5.74) is -0.0263. The smallest absolute Gasteiger partial charge is 0.273 e. The van der Waals surface area contributed by atoms with E-state index in [0.717, 1.165) is 0 Å². The number of aromatic nitrogens is 2. The minimum Gasteiger partial charge on any atom is -0.484 e. The van der Waals surface area contributed by atoms with Crippen LogP contribution in [0.2, 0.25) is 0 Å². The van der Waals surface area contributed by atoms with Gasteiger partial charge in [0.2, 0.25) is 0 Å². The standard InChI is InChI=1S/C13H16N4O4.ClH/c1-9(14-2)6-12-15-13(21-16-12)8-20-11-5-3-4-10(7-11)17(18)19;/h3-5,7,9,14H,6,8H2,1-2H3;1H. The van der Waals surface area contributed by atoms with Crippen LogP contribution >= 0.6 is 12.4 Å². The number of ether oxygens (including phenoxy) is 1. The Balaban J connectivity index is 0.00000242. The van der Waals surface area contributed by atoms with Crippen molar-refractivity contribution in [1.29, 1.82) is 0 Å². The number of likely N-dealkylation sites (N-methyl/N-ethyl adjacent to an activating group) is 1. The number of nitrogens with zero attached hydrogens (tertiary/aromatic N) is 3. The number of halogens is 1. The van der Waals surface area contributed by atoms with Crippen LogP contribution in [0.3, 0.4) is 0 Å². The van der Waals surface area contributed by atoms with Gasteiger partial charge in [-0.25, -0.2) is 0 Å². The van der Waals surface area contributed by atoms with Crippen LogP contribution in [0.1, 0.15) is 18.6 Å². The van der Waals surface area contributed by atoms with Gasteiger partial charge in [0, 0.05) is 18.5 Å². The highest BCUT2D eigenvalue weighted by atomic mass is 35.5. The summed E-state index contributed by atoms with van der Waals surface area (Å²) in [5.74, 6) is 1.31. The number of nitrogens with one attached hydrogen (secondary N) is 1. The minimum absolute atomic E-state index is 0.